The highest BCUT2D eigenvalue weighted by atomic mass is 32.2. The van der Waals surface area contributed by atoms with Crippen LogP contribution in [0.15, 0.2) is 80.8 Å². The maximum absolute atomic E-state index is 4.01. The van der Waals surface area contributed by atoms with Crippen molar-refractivity contribution in [1.82, 2.24) is 4.98 Å². The molecule has 0 saturated heterocycles. The standard InChI is InChI=1S/C23H17NS2/c1-3-7-18-16(4-2)17-10-11-19-23(22(17)24-18)26-21-13-15-9-6-5-8-14(15)12-20(21)25-19/h3-13,24H,2H2,1H3/b7-3-. The largest absolute Gasteiger partial charge is 0.354 e. The van der Waals surface area contributed by atoms with Crippen LogP contribution in [0.4, 0.5) is 0 Å². The number of benzene rings is 3. The van der Waals surface area contributed by atoms with Gasteiger partial charge in [0.15, 0.2) is 0 Å². The van der Waals surface area contributed by atoms with Crippen LogP contribution >= 0.6 is 23.5 Å². The van der Waals surface area contributed by atoms with Crippen molar-refractivity contribution in [2.75, 3.05) is 0 Å². The highest BCUT2D eigenvalue weighted by Crippen LogP contribution is 2.52. The Morgan fingerprint density at radius 1 is 0.923 bits per heavy atom. The molecule has 1 aliphatic rings. The van der Waals surface area contributed by atoms with Gasteiger partial charge in [-0.15, -0.1) is 0 Å². The van der Waals surface area contributed by atoms with Crippen molar-refractivity contribution in [2.45, 2.75) is 26.5 Å². The molecule has 2 heterocycles. The fourth-order valence-corrected chi connectivity index (χ4v) is 5.96. The molecular formula is C23H17NS2. The number of hydrogen-bond acceptors (Lipinski definition) is 2. The number of aromatic amines is 1. The van der Waals surface area contributed by atoms with Gasteiger partial charge in [-0.2, -0.15) is 0 Å². The molecule has 1 aromatic heterocycles. The van der Waals surface area contributed by atoms with E-state index in [2.05, 4.69) is 72.2 Å². The zero-order valence-corrected chi connectivity index (χ0v) is 16.0. The monoisotopic (exact) mass is 371 g/mol. The SMILES string of the molecule is C=Cc1c(/C=C\C)[nH]c2c3c(ccc12)Sc1cc2ccccc2cc1S3. The van der Waals surface area contributed by atoms with Gasteiger partial charge in [0.1, 0.15) is 0 Å². The molecule has 0 bridgehead atoms. The maximum Gasteiger partial charge on any atom is 0.0618 e. The van der Waals surface area contributed by atoms with Gasteiger partial charge in [0.05, 0.1) is 10.4 Å². The molecule has 26 heavy (non-hydrogen) atoms. The minimum Gasteiger partial charge on any atom is -0.354 e. The van der Waals surface area contributed by atoms with Crippen LogP contribution in [0.1, 0.15) is 18.2 Å². The third kappa shape index (κ3) is 2.35. The molecule has 3 heteroatoms. The second-order valence-electron chi connectivity index (χ2n) is 6.32. The van der Waals surface area contributed by atoms with Crippen molar-refractivity contribution >= 4 is 57.4 Å². The van der Waals surface area contributed by atoms with E-state index in [-0.39, 0.29) is 0 Å². The second-order valence-corrected chi connectivity index (χ2v) is 8.46. The van der Waals surface area contributed by atoms with E-state index < -0.39 is 0 Å². The molecule has 1 nitrogen and oxygen atoms in total. The Bertz CT molecular complexity index is 1210. The molecule has 0 spiro atoms. The average Bonchev–Trinajstić information content (AvgIpc) is 3.02. The van der Waals surface area contributed by atoms with Crippen LogP contribution < -0.4 is 0 Å². The summed E-state index contributed by atoms with van der Waals surface area (Å²) in [4.78, 5) is 8.92. The lowest BCUT2D eigenvalue weighted by atomic mass is 10.1. The fraction of sp³-hybridized carbons (Fsp3) is 0.0435. The normalized spacial score (nSPS) is 13.3. The van der Waals surface area contributed by atoms with Gasteiger partial charge in [0, 0.05) is 31.3 Å². The van der Waals surface area contributed by atoms with Crippen LogP contribution in [0, 0.1) is 0 Å². The zero-order chi connectivity index (χ0) is 17.7. The Balaban J connectivity index is 1.72. The third-order valence-corrected chi connectivity index (χ3v) is 7.31. The highest BCUT2D eigenvalue weighted by molar-refractivity contribution is 8.05. The Labute approximate surface area is 161 Å². The van der Waals surface area contributed by atoms with Gasteiger partial charge in [-0.25, -0.2) is 0 Å². The lowest BCUT2D eigenvalue weighted by Crippen LogP contribution is -1.91. The molecule has 0 fully saturated rings. The topological polar surface area (TPSA) is 15.8 Å². The van der Waals surface area contributed by atoms with Gasteiger partial charge in [-0.1, -0.05) is 72.6 Å². The Hall–Kier alpha value is -2.36. The molecule has 1 aliphatic heterocycles. The molecule has 0 atom stereocenters. The van der Waals surface area contributed by atoms with Crippen LogP contribution in [0.25, 0.3) is 33.8 Å². The second kappa shape index (κ2) is 6.11. The maximum atomic E-state index is 4.01. The predicted octanol–water partition coefficient (Wildman–Crippen LogP) is 7.61. The first-order valence-electron chi connectivity index (χ1n) is 8.61. The van der Waals surface area contributed by atoms with E-state index in [1.54, 1.807) is 0 Å². The van der Waals surface area contributed by atoms with Gasteiger partial charge >= 0.3 is 0 Å². The van der Waals surface area contributed by atoms with Crippen molar-refractivity contribution in [3.63, 3.8) is 0 Å². The van der Waals surface area contributed by atoms with E-state index in [0.717, 1.165) is 5.69 Å². The van der Waals surface area contributed by atoms with Gasteiger partial charge in [0.25, 0.3) is 0 Å². The molecule has 0 amide bonds. The number of aromatic nitrogens is 1. The van der Waals surface area contributed by atoms with Crippen LogP contribution in [0.5, 0.6) is 0 Å². The van der Waals surface area contributed by atoms with Crippen LogP contribution in [0.2, 0.25) is 0 Å². The number of hydrogen-bond donors (Lipinski definition) is 1. The molecule has 4 aromatic rings. The Morgan fingerprint density at radius 3 is 2.35 bits per heavy atom. The lowest BCUT2D eigenvalue weighted by molar-refractivity contribution is 1.18. The number of H-pyrrole nitrogens is 1. The minimum atomic E-state index is 1.13. The van der Waals surface area contributed by atoms with Crippen molar-refractivity contribution in [2.24, 2.45) is 0 Å². The van der Waals surface area contributed by atoms with Crippen LogP contribution in [-0.4, -0.2) is 4.98 Å². The first-order valence-corrected chi connectivity index (χ1v) is 10.2. The van der Waals surface area contributed by atoms with Gasteiger partial charge in [-0.05, 0) is 42.0 Å². The van der Waals surface area contributed by atoms with E-state index in [1.807, 2.05) is 36.5 Å². The number of allylic oxidation sites excluding steroid dienone is 1. The summed E-state index contributed by atoms with van der Waals surface area (Å²) >= 11 is 3.73. The zero-order valence-electron chi connectivity index (χ0n) is 14.4. The van der Waals surface area contributed by atoms with Gasteiger partial charge in [0.2, 0.25) is 0 Å². The fourth-order valence-electron chi connectivity index (χ4n) is 3.55. The van der Waals surface area contributed by atoms with Gasteiger partial charge in [-0.3, -0.25) is 0 Å². The number of nitrogens with one attached hydrogen (secondary N) is 1. The summed E-state index contributed by atoms with van der Waals surface area (Å²) in [6, 6.07) is 17.7. The van der Waals surface area contributed by atoms with Crippen molar-refractivity contribution < 1.29 is 0 Å². The first-order chi connectivity index (χ1) is 12.8. The summed E-state index contributed by atoms with van der Waals surface area (Å²) < 4.78 is 0. The quantitative estimate of drug-likeness (QED) is 0.343. The molecule has 0 aliphatic carbocycles. The summed E-state index contributed by atoms with van der Waals surface area (Å²) in [5, 5.41) is 3.83. The van der Waals surface area contributed by atoms with E-state index >= 15 is 0 Å². The van der Waals surface area contributed by atoms with Crippen LogP contribution in [-0.2, 0) is 0 Å². The third-order valence-electron chi connectivity index (χ3n) is 4.74. The Morgan fingerprint density at radius 2 is 1.65 bits per heavy atom. The summed E-state index contributed by atoms with van der Waals surface area (Å²) in [6.45, 7) is 6.05. The number of fused-ring (bicyclic) bond motifs is 5. The van der Waals surface area contributed by atoms with Crippen molar-refractivity contribution in [3.8, 4) is 0 Å². The lowest BCUT2D eigenvalue weighted by Gasteiger charge is -2.19. The summed E-state index contributed by atoms with van der Waals surface area (Å²) in [5.74, 6) is 0. The average molecular weight is 372 g/mol. The minimum absolute atomic E-state index is 1.13. The summed E-state index contributed by atoms with van der Waals surface area (Å²) in [7, 11) is 0. The molecule has 3 aromatic carbocycles. The molecule has 5 rings (SSSR count). The molecule has 0 saturated carbocycles. The molecular weight excluding hydrogens is 354 g/mol. The van der Waals surface area contributed by atoms with E-state index in [1.165, 1.54) is 46.8 Å². The molecule has 0 unspecified atom stereocenters. The van der Waals surface area contributed by atoms with E-state index in [4.69, 9.17) is 0 Å². The Kier molecular flexibility index (Phi) is 3.73. The van der Waals surface area contributed by atoms with Crippen LogP contribution in [0.3, 0.4) is 0 Å². The summed E-state index contributed by atoms with van der Waals surface area (Å²) in [5.41, 5.74) is 3.51. The first kappa shape index (κ1) is 15.9. The van der Waals surface area contributed by atoms with E-state index in [9.17, 15) is 0 Å². The smallest absolute Gasteiger partial charge is 0.0618 e. The summed E-state index contributed by atoms with van der Waals surface area (Å²) in [6.07, 6.45) is 6.13. The van der Waals surface area contributed by atoms with E-state index in [0.29, 0.717) is 0 Å². The number of rotatable bonds is 2. The predicted molar refractivity (Wildman–Crippen MR) is 115 cm³/mol. The molecule has 126 valence electrons. The molecule has 1 N–H and O–H groups in total. The van der Waals surface area contributed by atoms with Crippen molar-refractivity contribution in [3.05, 3.63) is 72.4 Å². The van der Waals surface area contributed by atoms with Gasteiger partial charge < -0.3 is 4.98 Å². The van der Waals surface area contributed by atoms with Crippen molar-refractivity contribution in [1.29, 1.82) is 0 Å². The highest BCUT2D eigenvalue weighted by Gasteiger charge is 2.22. The molecule has 0 radical (unpaired) electrons.